The number of pyridine rings is 1. The summed E-state index contributed by atoms with van der Waals surface area (Å²) in [7, 11) is 0. The molecule has 5 nitrogen and oxygen atoms in total. The predicted octanol–water partition coefficient (Wildman–Crippen LogP) is 2.66. The zero-order valence-corrected chi connectivity index (χ0v) is 11.2. The molecule has 0 spiro atoms. The molecule has 21 heavy (non-hydrogen) atoms. The molecule has 3 aromatic rings. The van der Waals surface area contributed by atoms with Gasteiger partial charge in [0.15, 0.2) is 0 Å². The lowest BCUT2D eigenvalue weighted by molar-refractivity contribution is 0.100. The highest BCUT2D eigenvalue weighted by Gasteiger charge is 2.13. The Hall–Kier alpha value is -3.08. The van der Waals surface area contributed by atoms with Crippen molar-refractivity contribution in [2.45, 2.75) is 0 Å². The van der Waals surface area contributed by atoms with Crippen molar-refractivity contribution < 1.29 is 4.79 Å². The summed E-state index contributed by atoms with van der Waals surface area (Å²) in [5.41, 5.74) is 14.4. The molecule has 0 bridgehead atoms. The summed E-state index contributed by atoms with van der Waals surface area (Å²) in [5.74, 6) is -0.522. The van der Waals surface area contributed by atoms with Gasteiger partial charge in [-0.2, -0.15) is 0 Å². The van der Waals surface area contributed by atoms with E-state index in [2.05, 4.69) is 10.3 Å². The molecule has 0 aliphatic carbocycles. The molecule has 0 saturated heterocycles. The molecule has 0 saturated carbocycles. The monoisotopic (exact) mass is 278 g/mol. The van der Waals surface area contributed by atoms with E-state index >= 15 is 0 Å². The number of carbonyl (C=O) groups excluding carboxylic acids is 1. The number of aromatic nitrogens is 1. The average molecular weight is 278 g/mol. The number of nitrogens with two attached hydrogens (primary N) is 2. The standard InChI is InChI=1S/C16H14N4O/c17-10-5-7-11(8-6-10)20-15-12-3-1-2-4-14(12)19-9-13(15)16(18)21/h1-9H,17H2,(H2,18,21)(H,19,20). The second-order valence-corrected chi connectivity index (χ2v) is 4.68. The van der Waals surface area contributed by atoms with Crippen LogP contribution in [-0.4, -0.2) is 10.9 Å². The number of amides is 1. The second-order valence-electron chi connectivity index (χ2n) is 4.68. The number of primary amides is 1. The predicted molar refractivity (Wildman–Crippen MR) is 84.4 cm³/mol. The van der Waals surface area contributed by atoms with E-state index in [0.717, 1.165) is 16.6 Å². The van der Waals surface area contributed by atoms with Crippen LogP contribution in [0.3, 0.4) is 0 Å². The van der Waals surface area contributed by atoms with Gasteiger partial charge in [0.25, 0.3) is 5.91 Å². The zero-order valence-electron chi connectivity index (χ0n) is 11.2. The lowest BCUT2D eigenvalue weighted by Crippen LogP contribution is -2.14. The quantitative estimate of drug-likeness (QED) is 0.642. The molecule has 1 aromatic heterocycles. The van der Waals surface area contributed by atoms with Gasteiger partial charge in [-0.15, -0.1) is 0 Å². The minimum absolute atomic E-state index is 0.352. The SMILES string of the molecule is NC(=O)c1cnc2ccccc2c1Nc1ccc(N)cc1. The Kier molecular flexibility index (Phi) is 3.16. The fraction of sp³-hybridized carbons (Fsp3) is 0. The maximum atomic E-state index is 11.6. The Balaban J connectivity index is 2.16. The molecule has 0 radical (unpaired) electrons. The summed E-state index contributed by atoms with van der Waals surface area (Å²) in [6.07, 6.45) is 1.49. The van der Waals surface area contributed by atoms with E-state index in [-0.39, 0.29) is 0 Å². The third kappa shape index (κ3) is 2.49. The molecule has 1 heterocycles. The highest BCUT2D eigenvalue weighted by atomic mass is 16.1. The minimum Gasteiger partial charge on any atom is -0.399 e. The van der Waals surface area contributed by atoms with Gasteiger partial charge in [0.2, 0.25) is 0 Å². The van der Waals surface area contributed by atoms with Crippen molar-refractivity contribution in [3.63, 3.8) is 0 Å². The Morgan fingerprint density at radius 1 is 1.05 bits per heavy atom. The highest BCUT2D eigenvalue weighted by Crippen LogP contribution is 2.29. The van der Waals surface area contributed by atoms with Crippen LogP contribution in [0.25, 0.3) is 10.9 Å². The number of hydrogen-bond acceptors (Lipinski definition) is 4. The molecular formula is C16H14N4O. The van der Waals surface area contributed by atoms with Crippen molar-refractivity contribution in [3.05, 3.63) is 60.3 Å². The molecule has 0 aliphatic rings. The van der Waals surface area contributed by atoms with Crippen molar-refractivity contribution in [2.75, 3.05) is 11.1 Å². The number of rotatable bonds is 3. The highest BCUT2D eigenvalue weighted by molar-refractivity contribution is 6.07. The molecule has 2 aromatic carbocycles. The molecular weight excluding hydrogens is 264 g/mol. The van der Waals surface area contributed by atoms with Crippen LogP contribution in [0.2, 0.25) is 0 Å². The normalized spacial score (nSPS) is 10.5. The van der Waals surface area contributed by atoms with Gasteiger partial charge in [0.05, 0.1) is 16.8 Å². The Bertz CT molecular complexity index is 812. The van der Waals surface area contributed by atoms with Gasteiger partial charge in [-0.3, -0.25) is 9.78 Å². The molecule has 0 unspecified atom stereocenters. The Morgan fingerprint density at radius 3 is 2.48 bits per heavy atom. The lowest BCUT2D eigenvalue weighted by atomic mass is 10.1. The van der Waals surface area contributed by atoms with Crippen molar-refractivity contribution in [1.29, 1.82) is 0 Å². The number of hydrogen-bond donors (Lipinski definition) is 3. The second kappa shape index (κ2) is 5.13. The van der Waals surface area contributed by atoms with Crippen LogP contribution in [0.4, 0.5) is 17.1 Å². The number of anilines is 3. The zero-order chi connectivity index (χ0) is 14.8. The van der Waals surface area contributed by atoms with Gasteiger partial charge in [-0.25, -0.2) is 0 Å². The van der Waals surface area contributed by atoms with E-state index in [1.54, 1.807) is 12.1 Å². The number of para-hydroxylation sites is 1. The first-order valence-electron chi connectivity index (χ1n) is 6.45. The van der Waals surface area contributed by atoms with Gasteiger partial charge in [-0.1, -0.05) is 18.2 Å². The topological polar surface area (TPSA) is 94.0 Å². The Morgan fingerprint density at radius 2 is 1.76 bits per heavy atom. The number of benzene rings is 2. The number of nitrogens with one attached hydrogen (secondary N) is 1. The first-order chi connectivity index (χ1) is 10.1. The van der Waals surface area contributed by atoms with E-state index in [0.29, 0.717) is 16.9 Å². The fourth-order valence-corrected chi connectivity index (χ4v) is 2.17. The largest absolute Gasteiger partial charge is 0.399 e. The van der Waals surface area contributed by atoms with Gasteiger partial charge >= 0.3 is 0 Å². The maximum absolute atomic E-state index is 11.6. The van der Waals surface area contributed by atoms with E-state index in [9.17, 15) is 4.79 Å². The number of fused-ring (bicyclic) bond motifs is 1. The van der Waals surface area contributed by atoms with Crippen molar-refractivity contribution in [2.24, 2.45) is 5.73 Å². The molecule has 104 valence electrons. The van der Waals surface area contributed by atoms with Crippen molar-refractivity contribution in [3.8, 4) is 0 Å². The molecule has 3 rings (SSSR count). The van der Waals surface area contributed by atoms with Crippen LogP contribution in [0.5, 0.6) is 0 Å². The first-order valence-corrected chi connectivity index (χ1v) is 6.45. The maximum Gasteiger partial charge on any atom is 0.252 e. The van der Waals surface area contributed by atoms with Crippen LogP contribution in [0.15, 0.2) is 54.7 Å². The van der Waals surface area contributed by atoms with Crippen molar-refractivity contribution >= 4 is 33.9 Å². The first kappa shape index (κ1) is 12.9. The van der Waals surface area contributed by atoms with E-state index in [1.165, 1.54) is 6.20 Å². The summed E-state index contributed by atoms with van der Waals surface area (Å²) in [6.45, 7) is 0. The third-order valence-corrected chi connectivity index (χ3v) is 3.22. The molecule has 0 aliphatic heterocycles. The number of nitrogen functional groups attached to an aromatic ring is 1. The van der Waals surface area contributed by atoms with Crippen LogP contribution < -0.4 is 16.8 Å². The van der Waals surface area contributed by atoms with Gasteiger partial charge in [0.1, 0.15) is 0 Å². The van der Waals surface area contributed by atoms with Crippen LogP contribution in [0, 0.1) is 0 Å². The van der Waals surface area contributed by atoms with Gasteiger partial charge < -0.3 is 16.8 Å². The fourth-order valence-electron chi connectivity index (χ4n) is 2.17. The van der Waals surface area contributed by atoms with Gasteiger partial charge in [0, 0.05) is 23.0 Å². The third-order valence-electron chi connectivity index (χ3n) is 3.22. The van der Waals surface area contributed by atoms with Crippen LogP contribution in [0.1, 0.15) is 10.4 Å². The summed E-state index contributed by atoms with van der Waals surface area (Å²) in [4.78, 5) is 15.9. The summed E-state index contributed by atoms with van der Waals surface area (Å²) in [5, 5.41) is 4.07. The molecule has 1 amide bonds. The van der Waals surface area contributed by atoms with Crippen LogP contribution in [-0.2, 0) is 0 Å². The molecule has 0 fully saturated rings. The Labute approximate surface area is 121 Å². The molecule has 0 atom stereocenters. The number of carbonyl (C=O) groups is 1. The summed E-state index contributed by atoms with van der Waals surface area (Å²) >= 11 is 0. The lowest BCUT2D eigenvalue weighted by Gasteiger charge is -2.13. The molecule has 5 N–H and O–H groups in total. The summed E-state index contributed by atoms with van der Waals surface area (Å²) in [6, 6.07) is 14.8. The van der Waals surface area contributed by atoms with Crippen molar-refractivity contribution in [1.82, 2.24) is 4.98 Å². The van der Waals surface area contributed by atoms with Gasteiger partial charge in [-0.05, 0) is 30.3 Å². The van der Waals surface area contributed by atoms with E-state index < -0.39 is 5.91 Å². The summed E-state index contributed by atoms with van der Waals surface area (Å²) < 4.78 is 0. The molecule has 5 heteroatoms. The van der Waals surface area contributed by atoms with E-state index in [1.807, 2.05) is 36.4 Å². The average Bonchev–Trinajstić information content (AvgIpc) is 2.49. The van der Waals surface area contributed by atoms with Crippen LogP contribution >= 0.6 is 0 Å². The minimum atomic E-state index is -0.522. The van der Waals surface area contributed by atoms with E-state index in [4.69, 9.17) is 11.5 Å². The smallest absolute Gasteiger partial charge is 0.252 e. The number of nitrogens with zero attached hydrogens (tertiary/aromatic N) is 1.